The molecule has 5 heteroatoms. The molecule has 0 fully saturated rings. The second kappa shape index (κ2) is 7.50. The molecule has 108 valence electrons. The Labute approximate surface area is 112 Å². The van der Waals surface area contributed by atoms with E-state index in [1.54, 1.807) is 6.07 Å². The van der Waals surface area contributed by atoms with E-state index in [0.717, 1.165) is 6.07 Å². The van der Waals surface area contributed by atoms with E-state index in [4.69, 9.17) is 4.74 Å². The maximum absolute atomic E-state index is 12.5. The molecule has 0 atom stereocenters. The van der Waals surface area contributed by atoms with Crippen molar-refractivity contribution in [3.8, 4) is 0 Å². The minimum atomic E-state index is -4.28. The van der Waals surface area contributed by atoms with Crippen LogP contribution in [-0.4, -0.2) is 19.8 Å². The zero-order valence-electron chi connectivity index (χ0n) is 11.3. The van der Waals surface area contributed by atoms with E-state index >= 15 is 0 Å². The molecular formula is C14H20F3NO. The second-order valence-electron chi connectivity index (χ2n) is 4.84. The lowest BCUT2D eigenvalue weighted by molar-refractivity contribution is -0.137. The third-order valence-corrected chi connectivity index (χ3v) is 2.46. The van der Waals surface area contributed by atoms with Crippen LogP contribution in [0.25, 0.3) is 0 Å². The molecule has 1 aromatic carbocycles. The van der Waals surface area contributed by atoms with Crippen molar-refractivity contribution in [3.05, 3.63) is 35.4 Å². The Balaban J connectivity index is 2.30. The van der Waals surface area contributed by atoms with Crippen LogP contribution in [0, 0.1) is 5.92 Å². The van der Waals surface area contributed by atoms with E-state index in [9.17, 15) is 13.2 Å². The molecule has 1 aromatic rings. The Bertz CT molecular complexity index is 377. The van der Waals surface area contributed by atoms with Gasteiger partial charge in [0, 0.05) is 19.7 Å². The van der Waals surface area contributed by atoms with E-state index in [0.29, 0.717) is 37.8 Å². The topological polar surface area (TPSA) is 21.3 Å². The first-order chi connectivity index (χ1) is 8.89. The van der Waals surface area contributed by atoms with Gasteiger partial charge in [-0.05, 0) is 17.5 Å². The molecule has 0 heterocycles. The largest absolute Gasteiger partial charge is 0.416 e. The number of hydrogen-bond donors (Lipinski definition) is 1. The number of benzene rings is 1. The third kappa shape index (κ3) is 6.59. The fourth-order valence-corrected chi connectivity index (χ4v) is 1.55. The molecule has 0 aliphatic rings. The van der Waals surface area contributed by atoms with Gasteiger partial charge < -0.3 is 10.1 Å². The first kappa shape index (κ1) is 16.0. The van der Waals surface area contributed by atoms with Crippen molar-refractivity contribution in [1.82, 2.24) is 5.32 Å². The summed E-state index contributed by atoms with van der Waals surface area (Å²) >= 11 is 0. The number of ether oxygens (including phenoxy) is 1. The smallest absolute Gasteiger partial charge is 0.380 e. The molecule has 0 spiro atoms. The van der Waals surface area contributed by atoms with Crippen LogP contribution < -0.4 is 5.32 Å². The molecular weight excluding hydrogens is 255 g/mol. The summed E-state index contributed by atoms with van der Waals surface area (Å²) in [7, 11) is 0. The van der Waals surface area contributed by atoms with Gasteiger partial charge in [-0.25, -0.2) is 0 Å². The highest BCUT2D eigenvalue weighted by Gasteiger charge is 2.30. The molecule has 1 N–H and O–H groups in total. The van der Waals surface area contributed by atoms with E-state index < -0.39 is 11.7 Å². The Hall–Kier alpha value is -1.07. The SMILES string of the molecule is CC(C)COCCNCc1cccc(C(F)(F)F)c1. The van der Waals surface area contributed by atoms with Gasteiger partial charge in [0.15, 0.2) is 0 Å². The van der Waals surface area contributed by atoms with Gasteiger partial charge in [-0.2, -0.15) is 13.2 Å². The monoisotopic (exact) mass is 275 g/mol. The Morgan fingerprint density at radius 2 is 2.00 bits per heavy atom. The van der Waals surface area contributed by atoms with Gasteiger partial charge in [0.05, 0.1) is 12.2 Å². The normalized spacial score (nSPS) is 12.1. The van der Waals surface area contributed by atoms with E-state index in [1.165, 1.54) is 12.1 Å². The molecule has 0 radical (unpaired) electrons. The highest BCUT2D eigenvalue weighted by molar-refractivity contribution is 5.25. The van der Waals surface area contributed by atoms with Crippen molar-refractivity contribution in [3.63, 3.8) is 0 Å². The zero-order chi connectivity index (χ0) is 14.3. The van der Waals surface area contributed by atoms with Crippen LogP contribution in [0.4, 0.5) is 13.2 Å². The van der Waals surface area contributed by atoms with Gasteiger partial charge in [0.25, 0.3) is 0 Å². The summed E-state index contributed by atoms with van der Waals surface area (Å²) in [5.74, 6) is 0.489. The average molecular weight is 275 g/mol. The Morgan fingerprint density at radius 1 is 1.26 bits per heavy atom. The number of alkyl halides is 3. The van der Waals surface area contributed by atoms with Gasteiger partial charge in [-0.15, -0.1) is 0 Å². The predicted molar refractivity (Wildman–Crippen MR) is 68.8 cm³/mol. The van der Waals surface area contributed by atoms with E-state index in [1.807, 2.05) is 0 Å². The van der Waals surface area contributed by atoms with Gasteiger partial charge in [-0.3, -0.25) is 0 Å². The molecule has 0 aromatic heterocycles. The van der Waals surface area contributed by atoms with Crippen LogP contribution >= 0.6 is 0 Å². The molecule has 1 rings (SSSR count). The first-order valence-electron chi connectivity index (χ1n) is 6.34. The van der Waals surface area contributed by atoms with Crippen LogP contribution in [0.3, 0.4) is 0 Å². The molecule has 19 heavy (non-hydrogen) atoms. The van der Waals surface area contributed by atoms with Gasteiger partial charge in [0.2, 0.25) is 0 Å². The van der Waals surface area contributed by atoms with Crippen LogP contribution in [-0.2, 0) is 17.5 Å². The number of rotatable bonds is 7. The molecule has 0 bridgehead atoms. The highest BCUT2D eigenvalue weighted by Crippen LogP contribution is 2.29. The Morgan fingerprint density at radius 3 is 2.63 bits per heavy atom. The van der Waals surface area contributed by atoms with Gasteiger partial charge in [-0.1, -0.05) is 32.0 Å². The lowest BCUT2D eigenvalue weighted by Crippen LogP contribution is -2.20. The predicted octanol–water partition coefficient (Wildman–Crippen LogP) is 3.47. The summed E-state index contributed by atoms with van der Waals surface area (Å²) in [5, 5.41) is 3.06. The molecule has 0 saturated heterocycles. The van der Waals surface area contributed by atoms with Crippen LogP contribution in [0.2, 0.25) is 0 Å². The van der Waals surface area contributed by atoms with Crippen molar-refractivity contribution >= 4 is 0 Å². The number of nitrogens with one attached hydrogen (secondary N) is 1. The minimum absolute atomic E-state index is 0.412. The number of halogens is 3. The fraction of sp³-hybridized carbons (Fsp3) is 0.571. The van der Waals surface area contributed by atoms with Crippen molar-refractivity contribution in [2.24, 2.45) is 5.92 Å². The van der Waals surface area contributed by atoms with Crippen molar-refractivity contribution in [2.75, 3.05) is 19.8 Å². The fourth-order valence-electron chi connectivity index (χ4n) is 1.55. The zero-order valence-corrected chi connectivity index (χ0v) is 11.3. The molecule has 0 unspecified atom stereocenters. The standard InChI is InChI=1S/C14H20F3NO/c1-11(2)10-19-7-6-18-9-12-4-3-5-13(8-12)14(15,16)17/h3-5,8,11,18H,6-7,9-10H2,1-2H3. The van der Waals surface area contributed by atoms with E-state index in [-0.39, 0.29) is 0 Å². The molecule has 0 saturated carbocycles. The summed E-state index contributed by atoms with van der Waals surface area (Å²) in [6.45, 7) is 6.44. The van der Waals surface area contributed by atoms with Crippen LogP contribution in [0.5, 0.6) is 0 Å². The lowest BCUT2D eigenvalue weighted by atomic mass is 10.1. The van der Waals surface area contributed by atoms with Gasteiger partial charge in [0.1, 0.15) is 0 Å². The average Bonchev–Trinajstić information content (AvgIpc) is 2.32. The quantitative estimate of drug-likeness (QED) is 0.769. The third-order valence-electron chi connectivity index (χ3n) is 2.46. The van der Waals surface area contributed by atoms with Crippen molar-refractivity contribution in [1.29, 1.82) is 0 Å². The molecule has 0 aliphatic carbocycles. The summed E-state index contributed by atoms with van der Waals surface area (Å²) < 4.78 is 42.8. The lowest BCUT2D eigenvalue weighted by Gasteiger charge is -2.10. The minimum Gasteiger partial charge on any atom is -0.380 e. The highest BCUT2D eigenvalue weighted by atomic mass is 19.4. The summed E-state index contributed by atoms with van der Waals surface area (Å²) in [6.07, 6.45) is -4.28. The van der Waals surface area contributed by atoms with Crippen molar-refractivity contribution < 1.29 is 17.9 Å². The summed E-state index contributed by atoms with van der Waals surface area (Å²) in [5.41, 5.74) is 0.0153. The van der Waals surface area contributed by atoms with Crippen LogP contribution in [0.1, 0.15) is 25.0 Å². The molecule has 0 amide bonds. The second-order valence-corrected chi connectivity index (χ2v) is 4.84. The molecule has 0 aliphatic heterocycles. The molecule has 2 nitrogen and oxygen atoms in total. The van der Waals surface area contributed by atoms with Gasteiger partial charge >= 0.3 is 6.18 Å². The van der Waals surface area contributed by atoms with Crippen LogP contribution in [0.15, 0.2) is 24.3 Å². The van der Waals surface area contributed by atoms with Crippen molar-refractivity contribution in [2.45, 2.75) is 26.6 Å². The first-order valence-corrected chi connectivity index (χ1v) is 6.34. The summed E-state index contributed by atoms with van der Waals surface area (Å²) in [6, 6.07) is 5.35. The number of hydrogen-bond acceptors (Lipinski definition) is 2. The maximum atomic E-state index is 12.5. The summed E-state index contributed by atoms with van der Waals surface area (Å²) in [4.78, 5) is 0. The van der Waals surface area contributed by atoms with E-state index in [2.05, 4.69) is 19.2 Å². The maximum Gasteiger partial charge on any atom is 0.416 e. The Kier molecular flexibility index (Phi) is 6.31.